The monoisotopic (exact) mass is 200 g/mol. The number of rotatable bonds is 3. The Kier molecular flexibility index (Phi) is 3.24. The maximum absolute atomic E-state index is 12.4. The summed E-state index contributed by atoms with van der Waals surface area (Å²) in [6, 6.07) is 1.38. The molecule has 2 N–H and O–H groups in total. The van der Waals surface area contributed by atoms with Crippen molar-refractivity contribution in [2.24, 2.45) is 5.73 Å². The lowest BCUT2D eigenvalue weighted by atomic mass is 10.1. The van der Waals surface area contributed by atoms with Crippen LogP contribution in [0.3, 0.4) is 0 Å². The zero-order valence-electron chi connectivity index (χ0n) is 7.63. The number of nitrogens with two attached hydrogens (primary N) is 1. The van der Waals surface area contributed by atoms with Gasteiger partial charge in [-0.2, -0.15) is 0 Å². The van der Waals surface area contributed by atoms with E-state index >= 15 is 0 Å². The number of aromatic nitrogens is 1. The maximum Gasteiger partial charge on any atom is 0.281 e. The number of aldehydes is 1. The number of hydrogen-bond acceptors (Lipinski definition) is 3. The van der Waals surface area contributed by atoms with Gasteiger partial charge in [-0.15, -0.1) is 0 Å². The molecule has 0 unspecified atom stereocenters. The van der Waals surface area contributed by atoms with Gasteiger partial charge in [0, 0.05) is 12.1 Å². The summed E-state index contributed by atoms with van der Waals surface area (Å²) in [5.74, 6) is 0. The van der Waals surface area contributed by atoms with Gasteiger partial charge in [-0.05, 0) is 18.6 Å². The minimum Gasteiger partial charge on any atom is -0.325 e. The average molecular weight is 200 g/mol. The van der Waals surface area contributed by atoms with E-state index in [4.69, 9.17) is 5.73 Å². The number of pyridine rings is 1. The van der Waals surface area contributed by atoms with Crippen LogP contribution < -0.4 is 5.73 Å². The molecule has 0 amide bonds. The summed E-state index contributed by atoms with van der Waals surface area (Å²) in [4.78, 5) is 14.1. The first-order chi connectivity index (χ1) is 6.60. The summed E-state index contributed by atoms with van der Waals surface area (Å²) in [6.45, 7) is 1.77. The molecular formula is C9H10F2N2O. The van der Waals surface area contributed by atoms with E-state index in [0.29, 0.717) is 17.5 Å². The fourth-order valence-corrected chi connectivity index (χ4v) is 1.16. The molecule has 5 heteroatoms. The maximum atomic E-state index is 12.4. The second-order valence-electron chi connectivity index (χ2n) is 2.85. The highest BCUT2D eigenvalue weighted by Gasteiger charge is 2.16. The molecular weight excluding hydrogens is 190 g/mol. The van der Waals surface area contributed by atoms with Crippen LogP contribution in [-0.4, -0.2) is 11.3 Å². The Morgan fingerprint density at radius 2 is 2.29 bits per heavy atom. The number of halogens is 2. The van der Waals surface area contributed by atoms with Crippen LogP contribution in [0.5, 0.6) is 0 Å². The Morgan fingerprint density at radius 3 is 2.71 bits per heavy atom. The average Bonchev–Trinajstić information content (AvgIpc) is 2.16. The van der Waals surface area contributed by atoms with E-state index < -0.39 is 12.1 Å². The Labute approximate surface area is 79.9 Å². The van der Waals surface area contributed by atoms with Crippen LogP contribution in [-0.2, 0) is 6.54 Å². The molecule has 0 aliphatic rings. The molecule has 0 aliphatic carbocycles. The molecule has 1 aromatic heterocycles. The summed E-state index contributed by atoms with van der Waals surface area (Å²) in [7, 11) is 0. The predicted octanol–water partition coefficient (Wildman–Crippen LogP) is 1.60. The van der Waals surface area contributed by atoms with E-state index in [1.807, 2.05) is 0 Å². The Balaban J connectivity index is 3.32. The summed E-state index contributed by atoms with van der Waals surface area (Å²) in [5.41, 5.74) is 5.79. The third-order valence-corrected chi connectivity index (χ3v) is 1.91. The zero-order valence-corrected chi connectivity index (χ0v) is 7.63. The molecule has 0 fully saturated rings. The number of carbonyl (C=O) groups excluding carboxylic acids is 1. The molecule has 0 bridgehead atoms. The highest BCUT2D eigenvalue weighted by atomic mass is 19.3. The molecule has 0 aliphatic heterocycles. The Bertz CT molecular complexity index is 353. The largest absolute Gasteiger partial charge is 0.325 e. The lowest BCUT2D eigenvalue weighted by Crippen LogP contribution is -2.08. The van der Waals surface area contributed by atoms with E-state index in [1.54, 1.807) is 6.92 Å². The summed E-state index contributed by atoms with van der Waals surface area (Å²) < 4.78 is 24.8. The number of nitrogens with zero attached hydrogens (tertiary/aromatic N) is 1. The first-order valence-corrected chi connectivity index (χ1v) is 4.04. The molecule has 76 valence electrons. The molecule has 0 saturated heterocycles. The smallest absolute Gasteiger partial charge is 0.281 e. The molecule has 0 spiro atoms. The topological polar surface area (TPSA) is 56.0 Å². The van der Waals surface area contributed by atoms with Crippen molar-refractivity contribution in [3.63, 3.8) is 0 Å². The highest BCUT2D eigenvalue weighted by Crippen LogP contribution is 2.21. The molecule has 1 aromatic rings. The van der Waals surface area contributed by atoms with Gasteiger partial charge in [-0.1, -0.05) is 0 Å². The summed E-state index contributed by atoms with van der Waals surface area (Å²) in [6.07, 6.45) is -2.37. The number of alkyl halides is 2. The van der Waals surface area contributed by atoms with Crippen LogP contribution in [0.15, 0.2) is 6.07 Å². The van der Waals surface area contributed by atoms with Gasteiger partial charge in [0.1, 0.15) is 5.69 Å². The van der Waals surface area contributed by atoms with Crippen molar-refractivity contribution in [1.82, 2.24) is 4.98 Å². The van der Waals surface area contributed by atoms with E-state index in [2.05, 4.69) is 4.98 Å². The van der Waals surface area contributed by atoms with Gasteiger partial charge in [0.2, 0.25) is 0 Å². The fourth-order valence-electron chi connectivity index (χ4n) is 1.16. The van der Waals surface area contributed by atoms with Gasteiger partial charge < -0.3 is 5.73 Å². The van der Waals surface area contributed by atoms with Crippen LogP contribution in [0.2, 0.25) is 0 Å². The molecule has 0 saturated carbocycles. The van der Waals surface area contributed by atoms with E-state index in [0.717, 1.165) is 0 Å². The van der Waals surface area contributed by atoms with Crippen LogP contribution in [0.4, 0.5) is 8.78 Å². The van der Waals surface area contributed by atoms with Crippen molar-refractivity contribution >= 4 is 6.29 Å². The normalized spacial score (nSPS) is 10.6. The van der Waals surface area contributed by atoms with Crippen LogP contribution in [0.25, 0.3) is 0 Å². The number of carbonyl (C=O) groups is 1. The standard InChI is InChI=1S/C9H10F2N2O/c1-5-2-6(4-14)8(9(10)11)13-7(5)3-12/h2,4,9H,3,12H2,1H3. The van der Waals surface area contributed by atoms with Gasteiger partial charge >= 0.3 is 0 Å². The minimum absolute atomic E-state index is 0.0744. The fraction of sp³-hybridized carbons (Fsp3) is 0.333. The quantitative estimate of drug-likeness (QED) is 0.754. The molecule has 14 heavy (non-hydrogen) atoms. The van der Waals surface area contributed by atoms with Crippen molar-refractivity contribution in [2.75, 3.05) is 0 Å². The first kappa shape index (κ1) is 10.7. The van der Waals surface area contributed by atoms with E-state index in [1.165, 1.54) is 6.07 Å². The molecule has 0 aromatic carbocycles. The van der Waals surface area contributed by atoms with Gasteiger partial charge in [-0.25, -0.2) is 13.8 Å². The lowest BCUT2D eigenvalue weighted by Gasteiger charge is -2.07. The van der Waals surface area contributed by atoms with Gasteiger partial charge in [0.05, 0.1) is 5.69 Å². The van der Waals surface area contributed by atoms with Crippen molar-refractivity contribution in [3.05, 3.63) is 28.6 Å². The second-order valence-corrected chi connectivity index (χ2v) is 2.85. The van der Waals surface area contributed by atoms with Crippen LogP contribution in [0.1, 0.15) is 33.7 Å². The minimum atomic E-state index is -2.75. The number of aryl methyl sites for hydroxylation is 1. The Morgan fingerprint density at radius 1 is 1.64 bits per heavy atom. The third-order valence-electron chi connectivity index (χ3n) is 1.91. The van der Waals surface area contributed by atoms with Crippen molar-refractivity contribution < 1.29 is 13.6 Å². The van der Waals surface area contributed by atoms with Gasteiger partial charge in [0.25, 0.3) is 6.43 Å². The molecule has 1 heterocycles. The highest BCUT2D eigenvalue weighted by molar-refractivity contribution is 5.77. The predicted molar refractivity (Wildman–Crippen MR) is 47.2 cm³/mol. The first-order valence-electron chi connectivity index (χ1n) is 4.04. The molecule has 0 radical (unpaired) electrons. The van der Waals surface area contributed by atoms with Crippen molar-refractivity contribution in [2.45, 2.75) is 19.9 Å². The third kappa shape index (κ3) is 1.93. The lowest BCUT2D eigenvalue weighted by molar-refractivity contribution is 0.110. The van der Waals surface area contributed by atoms with Crippen LogP contribution in [0, 0.1) is 6.92 Å². The Hall–Kier alpha value is -1.36. The molecule has 3 nitrogen and oxygen atoms in total. The number of hydrogen-bond donors (Lipinski definition) is 1. The van der Waals surface area contributed by atoms with Crippen molar-refractivity contribution in [1.29, 1.82) is 0 Å². The van der Waals surface area contributed by atoms with E-state index in [-0.39, 0.29) is 12.1 Å². The summed E-state index contributed by atoms with van der Waals surface area (Å²) in [5, 5.41) is 0. The SMILES string of the molecule is Cc1cc(C=O)c(C(F)F)nc1CN. The van der Waals surface area contributed by atoms with Crippen molar-refractivity contribution in [3.8, 4) is 0 Å². The van der Waals surface area contributed by atoms with Gasteiger partial charge in [-0.3, -0.25) is 4.79 Å². The zero-order chi connectivity index (χ0) is 10.7. The molecule has 1 rings (SSSR count). The van der Waals surface area contributed by atoms with Gasteiger partial charge in [0.15, 0.2) is 6.29 Å². The van der Waals surface area contributed by atoms with E-state index in [9.17, 15) is 13.6 Å². The molecule has 0 atom stereocenters. The summed E-state index contributed by atoms with van der Waals surface area (Å²) >= 11 is 0. The second kappa shape index (κ2) is 4.23. The van der Waals surface area contributed by atoms with Crippen LogP contribution >= 0.6 is 0 Å².